The second kappa shape index (κ2) is 8.47. The van der Waals surface area contributed by atoms with Gasteiger partial charge in [-0.1, -0.05) is 41.4 Å². The Morgan fingerprint density at radius 1 is 1.21 bits per heavy atom. The maximum Gasteiger partial charge on any atom is 0.505 e. The highest BCUT2D eigenvalue weighted by molar-refractivity contribution is 6.35. The van der Waals surface area contributed by atoms with Crippen LogP contribution < -0.4 is 0 Å². The van der Waals surface area contributed by atoms with Crippen LogP contribution in [0.25, 0.3) is 17.0 Å². The van der Waals surface area contributed by atoms with Gasteiger partial charge in [0.25, 0.3) is 0 Å². The number of nitrogens with zero attached hydrogens (tertiary/aromatic N) is 2. The van der Waals surface area contributed by atoms with Gasteiger partial charge < -0.3 is 4.74 Å². The zero-order chi connectivity index (χ0) is 21.2. The summed E-state index contributed by atoms with van der Waals surface area (Å²) in [6.07, 6.45) is -2.19. The zero-order valence-electron chi connectivity index (χ0n) is 15.1. The Bertz CT molecular complexity index is 1090. The number of halogens is 5. The molecule has 0 N–H and O–H groups in total. The van der Waals surface area contributed by atoms with E-state index in [9.17, 15) is 18.0 Å². The molecular weight excluding hydrogens is 428 g/mol. The standard InChI is InChI=1S/C20H15Cl2F3N2O2/c1-2-29-18(28)9-8-16-19-13(10-12-6-7-14(21)11-15(12)22)4-3-5-17(19)27(26-16)20(23,24)25/h3-9,11H,2,10H2,1H3/b9-8+. The van der Waals surface area contributed by atoms with Gasteiger partial charge in [0.15, 0.2) is 0 Å². The third-order valence-corrected chi connectivity index (χ3v) is 4.71. The van der Waals surface area contributed by atoms with Crippen LogP contribution in [0.1, 0.15) is 23.7 Å². The molecule has 0 aliphatic carbocycles. The first-order chi connectivity index (χ1) is 13.7. The van der Waals surface area contributed by atoms with E-state index in [0.717, 1.165) is 6.08 Å². The van der Waals surface area contributed by atoms with Gasteiger partial charge in [-0.15, -0.1) is 13.2 Å². The first kappa shape index (κ1) is 21.2. The Morgan fingerprint density at radius 3 is 2.62 bits per heavy atom. The van der Waals surface area contributed by atoms with Crippen LogP contribution in [0.5, 0.6) is 0 Å². The highest BCUT2D eigenvalue weighted by Crippen LogP contribution is 2.33. The van der Waals surface area contributed by atoms with Crippen molar-refractivity contribution in [3.63, 3.8) is 0 Å². The molecule has 1 heterocycles. The maximum atomic E-state index is 13.5. The number of aromatic nitrogens is 2. The molecule has 0 saturated heterocycles. The molecule has 0 radical (unpaired) electrons. The predicted molar refractivity (Wildman–Crippen MR) is 106 cm³/mol. The third-order valence-electron chi connectivity index (χ3n) is 4.12. The number of hydrogen-bond acceptors (Lipinski definition) is 3. The molecule has 3 aromatic rings. The summed E-state index contributed by atoms with van der Waals surface area (Å²) in [5.41, 5.74) is 1.16. The van der Waals surface area contributed by atoms with Crippen LogP contribution in [0.3, 0.4) is 0 Å². The van der Waals surface area contributed by atoms with E-state index < -0.39 is 12.3 Å². The lowest BCUT2D eigenvalue weighted by Gasteiger charge is -2.09. The van der Waals surface area contributed by atoms with Crippen LogP contribution in [0.4, 0.5) is 13.2 Å². The summed E-state index contributed by atoms with van der Waals surface area (Å²) < 4.78 is 45.2. The lowest BCUT2D eigenvalue weighted by Crippen LogP contribution is -2.18. The molecule has 0 amide bonds. The smallest absolute Gasteiger partial charge is 0.463 e. The number of rotatable bonds is 5. The third kappa shape index (κ3) is 4.74. The Hall–Kier alpha value is -2.51. The summed E-state index contributed by atoms with van der Waals surface area (Å²) in [7, 11) is 0. The quantitative estimate of drug-likeness (QED) is 0.360. The number of fused-ring (bicyclic) bond motifs is 1. The molecule has 0 unspecified atom stereocenters. The van der Waals surface area contributed by atoms with Crippen molar-refractivity contribution in [2.45, 2.75) is 19.6 Å². The summed E-state index contributed by atoms with van der Waals surface area (Å²) in [6, 6.07) is 9.47. The fraction of sp³-hybridized carbons (Fsp3) is 0.200. The summed E-state index contributed by atoms with van der Waals surface area (Å²) in [4.78, 5) is 11.6. The van der Waals surface area contributed by atoms with Crippen LogP contribution in [-0.4, -0.2) is 22.4 Å². The van der Waals surface area contributed by atoms with E-state index in [-0.39, 0.29) is 34.3 Å². The molecule has 29 heavy (non-hydrogen) atoms. The van der Waals surface area contributed by atoms with E-state index in [0.29, 0.717) is 21.2 Å². The molecule has 9 heteroatoms. The molecule has 1 aromatic heterocycles. The van der Waals surface area contributed by atoms with Crippen molar-refractivity contribution in [1.82, 2.24) is 9.78 Å². The minimum atomic E-state index is -4.72. The van der Waals surface area contributed by atoms with Gasteiger partial charge in [-0.25, -0.2) is 4.79 Å². The van der Waals surface area contributed by atoms with Crippen molar-refractivity contribution >= 4 is 46.2 Å². The lowest BCUT2D eigenvalue weighted by molar-refractivity contribution is -0.209. The molecule has 0 aliphatic rings. The fourth-order valence-electron chi connectivity index (χ4n) is 2.94. The van der Waals surface area contributed by atoms with Crippen molar-refractivity contribution in [2.75, 3.05) is 6.61 Å². The average molecular weight is 443 g/mol. The molecule has 0 aliphatic heterocycles. The monoisotopic (exact) mass is 442 g/mol. The highest BCUT2D eigenvalue weighted by atomic mass is 35.5. The molecule has 2 aromatic carbocycles. The fourth-order valence-corrected chi connectivity index (χ4v) is 3.41. The molecular formula is C20H15Cl2F3N2O2. The first-order valence-electron chi connectivity index (χ1n) is 8.57. The van der Waals surface area contributed by atoms with Gasteiger partial charge in [0.2, 0.25) is 0 Å². The second-order valence-corrected chi connectivity index (χ2v) is 6.92. The van der Waals surface area contributed by atoms with E-state index in [4.69, 9.17) is 27.9 Å². The van der Waals surface area contributed by atoms with Gasteiger partial charge in [0.05, 0.1) is 17.8 Å². The van der Waals surface area contributed by atoms with E-state index in [1.54, 1.807) is 31.2 Å². The van der Waals surface area contributed by atoms with Crippen LogP contribution in [0.2, 0.25) is 10.0 Å². The van der Waals surface area contributed by atoms with Crippen molar-refractivity contribution in [3.8, 4) is 0 Å². The molecule has 152 valence electrons. The van der Waals surface area contributed by atoms with Crippen LogP contribution >= 0.6 is 23.2 Å². The van der Waals surface area contributed by atoms with Gasteiger partial charge in [-0.05, 0) is 48.7 Å². The molecule has 0 saturated carbocycles. The van der Waals surface area contributed by atoms with Crippen molar-refractivity contribution < 1.29 is 22.7 Å². The lowest BCUT2D eigenvalue weighted by atomic mass is 10.00. The highest BCUT2D eigenvalue weighted by Gasteiger charge is 2.34. The number of carbonyl (C=O) groups is 1. The topological polar surface area (TPSA) is 44.1 Å². The molecule has 0 fully saturated rings. The number of benzene rings is 2. The number of esters is 1. The minimum absolute atomic E-state index is 0.00561. The minimum Gasteiger partial charge on any atom is -0.463 e. The maximum absolute atomic E-state index is 13.5. The van der Waals surface area contributed by atoms with Gasteiger partial charge in [-0.3, -0.25) is 0 Å². The summed E-state index contributed by atoms with van der Waals surface area (Å²) in [5, 5.41) is 4.81. The molecule has 3 rings (SSSR count). The van der Waals surface area contributed by atoms with Crippen molar-refractivity contribution in [1.29, 1.82) is 0 Å². The Labute approximate surface area is 174 Å². The van der Waals surface area contributed by atoms with Crippen molar-refractivity contribution in [2.24, 2.45) is 0 Å². The van der Waals surface area contributed by atoms with Crippen LogP contribution in [0.15, 0.2) is 42.5 Å². The van der Waals surface area contributed by atoms with Crippen molar-refractivity contribution in [3.05, 3.63) is 69.3 Å². The summed E-state index contributed by atoms with van der Waals surface area (Å²) >= 11 is 12.1. The normalized spacial score (nSPS) is 12.1. The number of carbonyl (C=O) groups excluding carboxylic acids is 1. The van der Waals surface area contributed by atoms with Gasteiger partial charge in [-0.2, -0.15) is 9.78 Å². The predicted octanol–water partition coefficient (Wildman–Crippen LogP) is 5.99. The van der Waals surface area contributed by atoms with Crippen LogP contribution in [0, 0.1) is 0 Å². The summed E-state index contributed by atoms with van der Waals surface area (Å²) in [5.74, 6) is -0.666. The van der Waals surface area contributed by atoms with Crippen LogP contribution in [-0.2, 0) is 22.3 Å². The molecule has 4 nitrogen and oxygen atoms in total. The van der Waals surface area contributed by atoms with Gasteiger partial charge in [0, 0.05) is 21.5 Å². The number of alkyl halides is 3. The Balaban J connectivity index is 2.15. The zero-order valence-corrected chi connectivity index (χ0v) is 16.6. The Morgan fingerprint density at radius 2 is 1.97 bits per heavy atom. The summed E-state index contributed by atoms with van der Waals surface area (Å²) in [6.45, 7) is 1.79. The number of ether oxygens (including phenoxy) is 1. The second-order valence-electron chi connectivity index (χ2n) is 6.07. The molecule has 0 bridgehead atoms. The largest absolute Gasteiger partial charge is 0.505 e. The van der Waals surface area contributed by atoms with E-state index in [2.05, 4.69) is 5.10 Å². The van der Waals surface area contributed by atoms with E-state index >= 15 is 0 Å². The SMILES string of the molecule is CCOC(=O)/C=C/c1nn(C(F)(F)F)c2cccc(Cc3ccc(Cl)cc3Cl)c12. The average Bonchev–Trinajstić information content (AvgIpc) is 3.03. The van der Waals surface area contributed by atoms with E-state index in [1.165, 1.54) is 18.2 Å². The first-order valence-corrected chi connectivity index (χ1v) is 9.33. The number of hydrogen-bond donors (Lipinski definition) is 0. The van der Waals surface area contributed by atoms with Gasteiger partial charge >= 0.3 is 12.3 Å². The molecule has 0 spiro atoms. The van der Waals surface area contributed by atoms with Gasteiger partial charge in [0.1, 0.15) is 0 Å². The van der Waals surface area contributed by atoms with E-state index in [1.807, 2.05) is 0 Å². The molecule has 0 atom stereocenters. The Kier molecular flexibility index (Phi) is 6.19.